The van der Waals surface area contributed by atoms with Gasteiger partial charge in [0, 0.05) is 31.1 Å². The minimum atomic E-state index is -0.00290. The molecule has 0 saturated carbocycles. The lowest BCUT2D eigenvalue weighted by Gasteiger charge is -2.33. The molecule has 5 heteroatoms. The van der Waals surface area contributed by atoms with Crippen molar-refractivity contribution in [1.82, 2.24) is 10.2 Å². The van der Waals surface area contributed by atoms with E-state index in [1.807, 2.05) is 43.0 Å². The summed E-state index contributed by atoms with van der Waals surface area (Å²) < 4.78 is 5.32. The Hall–Kier alpha value is -2.04. The van der Waals surface area contributed by atoms with Gasteiger partial charge >= 0.3 is 0 Å². The topological polar surface area (TPSA) is 58.6 Å². The van der Waals surface area contributed by atoms with Crippen LogP contribution in [0.4, 0.5) is 0 Å². The second-order valence-electron chi connectivity index (χ2n) is 6.74. The Balaban J connectivity index is 1.89. The van der Waals surface area contributed by atoms with Crippen molar-refractivity contribution in [3.05, 3.63) is 29.8 Å². The van der Waals surface area contributed by atoms with Gasteiger partial charge in [0.15, 0.2) is 0 Å². The van der Waals surface area contributed by atoms with Gasteiger partial charge in [-0.3, -0.25) is 9.59 Å². The van der Waals surface area contributed by atoms with E-state index in [2.05, 4.69) is 5.32 Å². The molecular formula is C19H28N2O3. The second kappa shape index (κ2) is 8.71. The number of para-hydroxylation sites is 1. The molecule has 0 spiro atoms. The Morgan fingerprint density at radius 1 is 1.33 bits per heavy atom. The van der Waals surface area contributed by atoms with E-state index in [9.17, 15) is 9.59 Å². The minimum absolute atomic E-state index is 0.00290. The first-order valence-electron chi connectivity index (χ1n) is 8.68. The zero-order valence-electron chi connectivity index (χ0n) is 14.9. The van der Waals surface area contributed by atoms with Crippen LogP contribution in [0.3, 0.4) is 0 Å². The number of hydrogen-bond donors (Lipinski definition) is 1. The predicted octanol–water partition coefficient (Wildman–Crippen LogP) is 2.25. The highest BCUT2D eigenvalue weighted by Crippen LogP contribution is 2.21. The third kappa shape index (κ3) is 4.98. The fourth-order valence-electron chi connectivity index (χ4n) is 3.03. The van der Waals surface area contributed by atoms with Gasteiger partial charge in [0.1, 0.15) is 5.75 Å². The summed E-state index contributed by atoms with van der Waals surface area (Å²) in [5, 5.41) is 2.98. The molecule has 0 aromatic heterocycles. The molecule has 5 nitrogen and oxygen atoms in total. The monoisotopic (exact) mass is 332 g/mol. The molecule has 0 bridgehead atoms. The van der Waals surface area contributed by atoms with Crippen LogP contribution in [0, 0.1) is 11.8 Å². The first-order valence-corrected chi connectivity index (χ1v) is 8.68. The van der Waals surface area contributed by atoms with Crippen LogP contribution in [-0.4, -0.2) is 43.5 Å². The van der Waals surface area contributed by atoms with Crippen LogP contribution >= 0.6 is 0 Å². The van der Waals surface area contributed by atoms with Crippen molar-refractivity contribution in [2.24, 2.45) is 11.8 Å². The van der Waals surface area contributed by atoms with Gasteiger partial charge in [-0.2, -0.15) is 0 Å². The van der Waals surface area contributed by atoms with Crippen LogP contribution in [0.2, 0.25) is 0 Å². The maximum atomic E-state index is 12.6. The van der Waals surface area contributed by atoms with E-state index in [1.54, 1.807) is 7.11 Å². The number of nitrogens with zero attached hydrogens (tertiary/aromatic N) is 1. The largest absolute Gasteiger partial charge is 0.496 e. The standard InChI is InChI=1S/C19H28N2O3/c1-14(2)19(23)20-12-15-7-6-10-21(13-15)18(22)11-16-8-4-5-9-17(16)24-3/h4-5,8-9,14-15H,6-7,10-13H2,1-3H3,(H,20,23). The highest BCUT2D eigenvalue weighted by atomic mass is 16.5. The van der Waals surface area contributed by atoms with E-state index in [1.165, 1.54) is 0 Å². The first-order chi connectivity index (χ1) is 11.5. The molecule has 1 aromatic carbocycles. The number of ether oxygens (including phenoxy) is 1. The number of benzene rings is 1. The number of amides is 2. The average Bonchev–Trinajstić information content (AvgIpc) is 2.60. The van der Waals surface area contributed by atoms with Gasteiger partial charge in [-0.15, -0.1) is 0 Å². The van der Waals surface area contributed by atoms with Gasteiger partial charge in [0.2, 0.25) is 11.8 Å². The molecule has 2 amide bonds. The molecular weight excluding hydrogens is 304 g/mol. The summed E-state index contributed by atoms with van der Waals surface area (Å²) in [5.74, 6) is 1.29. The number of hydrogen-bond acceptors (Lipinski definition) is 3. The Bertz CT molecular complexity index is 571. The highest BCUT2D eigenvalue weighted by molar-refractivity contribution is 5.80. The maximum Gasteiger partial charge on any atom is 0.227 e. The third-order valence-corrected chi connectivity index (χ3v) is 4.50. The lowest BCUT2D eigenvalue weighted by molar-refractivity contribution is -0.132. The number of rotatable bonds is 6. The van der Waals surface area contributed by atoms with Crippen molar-refractivity contribution < 1.29 is 14.3 Å². The number of carbonyl (C=O) groups is 2. The van der Waals surface area contributed by atoms with Gasteiger partial charge in [-0.05, 0) is 24.8 Å². The molecule has 1 heterocycles. The van der Waals surface area contributed by atoms with E-state index in [4.69, 9.17) is 4.74 Å². The summed E-state index contributed by atoms with van der Waals surface area (Å²) in [5.41, 5.74) is 0.917. The van der Waals surface area contributed by atoms with E-state index in [0.29, 0.717) is 25.4 Å². The Kier molecular flexibility index (Phi) is 6.64. The Morgan fingerprint density at radius 3 is 2.79 bits per heavy atom. The van der Waals surface area contributed by atoms with Crippen LogP contribution in [0.5, 0.6) is 5.75 Å². The van der Waals surface area contributed by atoms with E-state index >= 15 is 0 Å². The van der Waals surface area contributed by atoms with E-state index in [0.717, 1.165) is 30.7 Å². The maximum absolute atomic E-state index is 12.6. The molecule has 1 aliphatic rings. The summed E-state index contributed by atoms with van der Waals surface area (Å²) in [6.07, 6.45) is 2.39. The van der Waals surface area contributed by atoms with Crippen LogP contribution < -0.4 is 10.1 Å². The predicted molar refractivity (Wildman–Crippen MR) is 93.8 cm³/mol. The zero-order valence-corrected chi connectivity index (χ0v) is 14.9. The number of likely N-dealkylation sites (tertiary alicyclic amines) is 1. The number of nitrogens with one attached hydrogen (secondary N) is 1. The molecule has 1 saturated heterocycles. The molecule has 0 aliphatic carbocycles. The highest BCUT2D eigenvalue weighted by Gasteiger charge is 2.24. The molecule has 2 rings (SSSR count). The second-order valence-corrected chi connectivity index (χ2v) is 6.74. The quantitative estimate of drug-likeness (QED) is 0.869. The van der Waals surface area contributed by atoms with Crippen molar-refractivity contribution in [1.29, 1.82) is 0 Å². The normalized spacial score (nSPS) is 17.7. The number of piperidine rings is 1. The summed E-state index contributed by atoms with van der Waals surface area (Å²) in [6.45, 7) is 5.93. The lowest BCUT2D eigenvalue weighted by atomic mass is 9.97. The van der Waals surface area contributed by atoms with Crippen LogP contribution in [0.25, 0.3) is 0 Å². The third-order valence-electron chi connectivity index (χ3n) is 4.50. The molecule has 1 atom stereocenters. The summed E-state index contributed by atoms with van der Waals surface area (Å²) in [4.78, 5) is 26.2. The molecule has 1 aromatic rings. The van der Waals surface area contributed by atoms with Gasteiger partial charge in [-0.25, -0.2) is 0 Å². The molecule has 1 N–H and O–H groups in total. The van der Waals surface area contributed by atoms with Crippen molar-refractivity contribution in [2.45, 2.75) is 33.1 Å². The number of methoxy groups -OCH3 is 1. The van der Waals surface area contributed by atoms with Crippen LogP contribution in [-0.2, 0) is 16.0 Å². The SMILES string of the molecule is COc1ccccc1CC(=O)N1CCCC(CNC(=O)C(C)C)C1. The average molecular weight is 332 g/mol. The van der Waals surface area contributed by atoms with Crippen molar-refractivity contribution in [3.63, 3.8) is 0 Å². The van der Waals surface area contributed by atoms with Crippen LogP contribution in [0.15, 0.2) is 24.3 Å². The van der Waals surface area contributed by atoms with Crippen molar-refractivity contribution >= 4 is 11.8 Å². The van der Waals surface area contributed by atoms with Gasteiger partial charge in [0.25, 0.3) is 0 Å². The lowest BCUT2D eigenvalue weighted by Crippen LogP contribution is -2.44. The summed E-state index contributed by atoms with van der Waals surface area (Å²) >= 11 is 0. The molecule has 1 aliphatic heterocycles. The fraction of sp³-hybridized carbons (Fsp3) is 0.579. The van der Waals surface area contributed by atoms with Gasteiger partial charge in [-0.1, -0.05) is 32.0 Å². The summed E-state index contributed by atoms with van der Waals surface area (Å²) in [6, 6.07) is 7.64. The van der Waals surface area contributed by atoms with E-state index < -0.39 is 0 Å². The molecule has 24 heavy (non-hydrogen) atoms. The smallest absolute Gasteiger partial charge is 0.227 e. The van der Waals surface area contributed by atoms with Gasteiger partial charge < -0.3 is 15.0 Å². The molecule has 1 fully saturated rings. The van der Waals surface area contributed by atoms with Gasteiger partial charge in [0.05, 0.1) is 13.5 Å². The summed E-state index contributed by atoms with van der Waals surface area (Å²) in [7, 11) is 1.62. The van der Waals surface area contributed by atoms with E-state index in [-0.39, 0.29) is 17.7 Å². The molecule has 0 radical (unpaired) electrons. The minimum Gasteiger partial charge on any atom is -0.496 e. The van der Waals surface area contributed by atoms with Crippen molar-refractivity contribution in [3.8, 4) is 5.75 Å². The first kappa shape index (κ1) is 18.3. The molecule has 1 unspecified atom stereocenters. The zero-order chi connectivity index (χ0) is 17.5. The van der Waals surface area contributed by atoms with Crippen molar-refractivity contribution in [2.75, 3.05) is 26.7 Å². The Labute approximate surface area is 144 Å². The van der Waals surface area contributed by atoms with Crippen LogP contribution in [0.1, 0.15) is 32.3 Å². The number of carbonyl (C=O) groups excluding carboxylic acids is 2. The fourth-order valence-corrected chi connectivity index (χ4v) is 3.03. The molecule has 132 valence electrons. The Morgan fingerprint density at radius 2 is 2.08 bits per heavy atom.